The molecule has 1 aliphatic rings. The highest BCUT2D eigenvalue weighted by Crippen LogP contribution is 2.29. The number of hydrogen-bond donors (Lipinski definition) is 0. The Kier molecular flexibility index (Phi) is 3.16. The van der Waals surface area contributed by atoms with E-state index in [1.54, 1.807) is 0 Å². The van der Waals surface area contributed by atoms with Gasteiger partial charge in [-0.05, 0) is 42.7 Å². The second-order valence-corrected chi connectivity index (χ2v) is 5.13. The van der Waals surface area contributed by atoms with E-state index in [1.807, 2.05) is 12.1 Å². The van der Waals surface area contributed by atoms with Gasteiger partial charge >= 0.3 is 0 Å². The molecular weight excluding hydrogens is 236 g/mol. The van der Waals surface area contributed by atoms with Gasteiger partial charge in [-0.15, -0.1) is 0 Å². The predicted octanol–water partition coefficient (Wildman–Crippen LogP) is 3.69. The fraction of sp³-hybridized carbons (Fsp3) is 0.294. The molecular formula is C17H18O2. The van der Waals surface area contributed by atoms with Crippen LogP contribution in [0.25, 0.3) is 0 Å². The lowest BCUT2D eigenvalue weighted by molar-refractivity contribution is 0.148. The van der Waals surface area contributed by atoms with Crippen LogP contribution in [0.2, 0.25) is 0 Å². The summed E-state index contributed by atoms with van der Waals surface area (Å²) in [6, 6.07) is 14.5. The zero-order chi connectivity index (χ0) is 13.2. The van der Waals surface area contributed by atoms with E-state index >= 15 is 0 Å². The fourth-order valence-corrected chi connectivity index (χ4v) is 2.39. The number of fused-ring (bicyclic) bond motifs is 1. The number of aryl methyl sites for hydroxylation is 2. The average molecular weight is 254 g/mol. The van der Waals surface area contributed by atoms with Gasteiger partial charge < -0.3 is 9.47 Å². The third kappa shape index (κ3) is 2.58. The summed E-state index contributed by atoms with van der Waals surface area (Å²) in [6.07, 6.45) is 1.05. The lowest BCUT2D eigenvalue weighted by Gasteiger charge is -2.14. The number of rotatable bonds is 3. The molecule has 2 heteroatoms. The molecule has 3 rings (SSSR count). The van der Waals surface area contributed by atoms with Crippen molar-refractivity contribution in [2.24, 2.45) is 0 Å². The van der Waals surface area contributed by atoms with Crippen LogP contribution in [0.1, 0.15) is 16.7 Å². The van der Waals surface area contributed by atoms with E-state index < -0.39 is 0 Å². The molecule has 1 heterocycles. The highest BCUT2D eigenvalue weighted by molar-refractivity contribution is 5.38. The van der Waals surface area contributed by atoms with E-state index in [9.17, 15) is 0 Å². The Balaban J connectivity index is 1.64. The third-order valence-electron chi connectivity index (χ3n) is 3.48. The standard InChI is InChI=1S/C17H18O2/c1-12-7-8-13(2)17(9-12)18-11-15-10-14-5-3-4-6-16(14)19-15/h3-9,15H,10-11H2,1-2H3. The zero-order valence-electron chi connectivity index (χ0n) is 11.3. The van der Waals surface area contributed by atoms with Crippen molar-refractivity contribution in [1.29, 1.82) is 0 Å². The molecule has 2 nitrogen and oxygen atoms in total. The van der Waals surface area contributed by atoms with E-state index in [-0.39, 0.29) is 6.10 Å². The summed E-state index contributed by atoms with van der Waals surface area (Å²) in [7, 11) is 0. The molecule has 1 aliphatic heterocycles. The van der Waals surface area contributed by atoms with Gasteiger partial charge in [-0.1, -0.05) is 30.3 Å². The summed E-state index contributed by atoms with van der Waals surface area (Å²) >= 11 is 0. The normalized spacial score (nSPS) is 16.8. The molecule has 0 aromatic heterocycles. The first-order valence-corrected chi connectivity index (χ1v) is 6.67. The van der Waals surface area contributed by atoms with Crippen molar-refractivity contribution in [3.63, 3.8) is 0 Å². The molecule has 0 spiro atoms. The summed E-state index contributed by atoms with van der Waals surface area (Å²) in [5, 5.41) is 0. The first-order valence-electron chi connectivity index (χ1n) is 6.67. The zero-order valence-corrected chi connectivity index (χ0v) is 11.3. The van der Waals surface area contributed by atoms with Gasteiger partial charge in [0.1, 0.15) is 24.2 Å². The summed E-state index contributed by atoms with van der Waals surface area (Å²) < 4.78 is 11.8. The lowest BCUT2D eigenvalue weighted by atomic mass is 10.1. The molecule has 0 radical (unpaired) electrons. The van der Waals surface area contributed by atoms with Crippen LogP contribution in [0.4, 0.5) is 0 Å². The average Bonchev–Trinajstić information content (AvgIpc) is 2.82. The number of hydrogen-bond acceptors (Lipinski definition) is 2. The smallest absolute Gasteiger partial charge is 0.137 e. The molecule has 0 amide bonds. The minimum atomic E-state index is 0.123. The largest absolute Gasteiger partial charge is 0.489 e. The van der Waals surface area contributed by atoms with Crippen LogP contribution in [0, 0.1) is 13.8 Å². The van der Waals surface area contributed by atoms with Gasteiger partial charge in [0.05, 0.1) is 0 Å². The van der Waals surface area contributed by atoms with Crippen LogP contribution in [0.3, 0.4) is 0 Å². The Morgan fingerprint density at radius 3 is 2.84 bits per heavy atom. The van der Waals surface area contributed by atoms with Gasteiger partial charge in [-0.2, -0.15) is 0 Å². The molecule has 2 aromatic rings. The van der Waals surface area contributed by atoms with Gasteiger partial charge in [-0.3, -0.25) is 0 Å². The van der Waals surface area contributed by atoms with Gasteiger partial charge in [0, 0.05) is 6.42 Å². The summed E-state index contributed by atoms with van der Waals surface area (Å²) in [6.45, 7) is 4.74. The van der Waals surface area contributed by atoms with Gasteiger partial charge in [0.2, 0.25) is 0 Å². The topological polar surface area (TPSA) is 18.5 Å². The second kappa shape index (κ2) is 4.96. The number of para-hydroxylation sites is 1. The molecule has 0 bridgehead atoms. The van der Waals surface area contributed by atoms with Gasteiger partial charge in [-0.25, -0.2) is 0 Å². The molecule has 0 saturated heterocycles. The van der Waals surface area contributed by atoms with Crippen LogP contribution in [-0.4, -0.2) is 12.7 Å². The highest BCUT2D eigenvalue weighted by Gasteiger charge is 2.22. The number of ether oxygens (including phenoxy) is 2. The SMILES string of the molecule is Cc1ccc(C)c(OCC2Cc3ccccc3O2)c1. The molecule has 0 fully saturated rings. The lowest BCUT2D eigenvalue weighted by Crippen LogP contribution is -2.22. The molecule has 0 aliphatic carbocycles. The van der Waals surface area contributed by atoms with E-state index in [0.717, 1.165) is 17.9 Å². The maximum atomic E-state index is 5.91. The minimum Gasteiger partial charge on any atom is -0.489 e. The van der Waals surface area contributed by atoms with Crippen molar-refractivity contribution < 1.29 is 9.47 Å². The van der Waals surface area contributed by atoms with Gasteiger partial charge in [0.15, 0.2) is 0 Å². The van der Waals surface area contributed by atoms with Crippen molar-refractivity contribution in [2.75, 3.05) is 6.61 Å². The molecule has 0 N–H and O–H groups in total. The molecule has 98 valence electrons. The maximum Gasteiger partial charge on any atom is 0.137 e. The predicted molar refractivity (Wildman–Crippen MR) is 76.0 cm³/mol. The van der Waals surface area contributed by atoms with Crippen molar-refractivity contribution >= 4 is 0 Å². The van der Waals surface area contributed by atoms with E-state index in [4.69, 9.17) is 9.47 Å². The van der Waals surface area contributed by atoms with Crippen molar-refractivity contribution in [1.82, 2.24) is 0 Å². The van der Waals surface area contributed by atoms with Crippen LogP contribution < -0.4 is 9.47 Å². The monoisotopic (exact) mass is 254 g/mol. The maximum absolute atomic E-state index is 5.91. The third-order valence-corrected chi connectivity index (χ3v) is 3.48. The van der Waals surface area contributed by atoms with Crippen LogP contribution in [0.5, 0.6) is 11.5 Å². The molecule has 1 unspecified atom stereocenters. The summed E-state index contributed by atoms with van der Waals surface area (Å²) in [4.78, 5) is 0. The van der Waals surface area contributed by atoms with E-state index in [2.05, 4.69) is 44.2 Å². The quantitative estimate of drug-likeness (QED) is 0.831. The molecule has 2 aromatic carbocycles. The van der Waals surface area contributed by atoms with Crippen molar-refractivity contribution in [3.8, 4) is 11.5 Å². The Morgan fingerprint density at radius 2 is 2.00 bits per heavy atom. The first-order chi connectivity index (χ1) is 9.22. The van der Waals surface area contributed by atoms with Crippen LogP contribution >= 0.6 is 0 Å². The van der Waals surface area contributed by atoms with Crippen LogP contribution in [0.15, 0.2) is 42.5 Å². The van der Waals surface area contributed by atoms with E-state index in [1.165, 1.54) is 16.7 Å². The van der Waals surface area contributed by atoms with Crippen LogP contribution in [-0.2, 0) is 6.42 Å². The van der Waals surface area contributed by atoms with Crippen molar-refractivity contribution in [2.45, 2.75) is 26.4 Å². The Hall–Kier alpha value is -1.96. The second-order valence-electron chi connectivity index (χ2n) is 5.13. The fourth-order valence-electron chi connectivity index (χ4n) is 2.39. The molecule has 1 atom stereocenters. The van der Waals surface area contributed by atoms with Crippen molar-refractivity contribution in [3.05, 3.63) is 59.2 Å². The summed E-state index contributed by atoms with van der Waals surface area (Å²) in [5.41, 5.74) is 3.66. The molecule has 19 heavy (non-hydrogen) atoms. The number of benzene rings is 2. The van der Waals surface area contributed by atoms with E-state index in [0.29, 0.717) is 6.61 Å². The first kappa shape index (κ1) is 12.1. The Labute approximate surface area is 114 Å². The summed E-state index contributed by atoms with van der Waals surface area (Å²) in [5.74, 6) is 1.96. The Bertz CT molecular complexity index is 565. The molecule has 0 saturated carbocycles. The minimum absolute atomic E-state index is 0.123. The Morgan fingerprint density at radius 1 is 1.16 bits per heavy atom. The van der Waals surface area contributed by atoms with Gasteiger partial charge in [0.25, 0.3) is 0 Å². The highest BCUT2D eigenvalue weighted by atomic mass is 16.5.